The molecule has 0 aliphatic heterocycles. The molecule has 0 aliphatic carbocycles. The van der Waals surface area contributed by atoms with Gasteiger partial charge in [-0.05, 0) is 6.92 Å². The molecule has 0 aliphatic rings. The van der Waals surface area contributed by atoms with Crippen molar-refractivity contribution in [1.82, 2.24) is 9.97 Å². The summed E-state index contributed by atoms with van der Waals surface area (Å²) in [5.74, 6) is -0.219. The first-order valence-corrected chi connectivity index (χ1v) is 5.71. The third kappa shape index (κ3) is 2.57. The number of hydrogen-bond acceptors (Lipinski definition) is 3. The number of hydrogen-bond donors (Lipinski definition) is 2. The van der Waals surface area contributed by atoms with Gasteiger partial charge in [0.15, 0.2) is 0 Å². The van der Waals surface area contributed by atoms with Gasteiger partial charge in [0.25, 0.3) is 0 Å². The number of H-pyrrole nitrogens is 2. The van der Waals surface area contributed by atoms with Crippen LogP contribution >= 0.6 is 0 Å². The van der Waals surface area contributed by atoms with E-state index in [0.29, 0.717) is 17.9 Å². The molecular weight excluding hydrogens is 232 g/mol. The summed E-state index contributed by atoms with van der Waals surface area (Å²) in [6, 6.07) is 8.80. The summed E-state index contributed by atoms with van der Waals surface area (Å²) in [5.41, 5.74) is 0.879. The molecular formula is C13H14N2O3. The zero-order chi connectivity index (χ0) is 13.0. The summed E-state index contributed by atoms with van der Waals surface area (Å²) >= 11 is 0. The van der Waals surface area contributed by atoms with Gasteiger partial charge < -0.3 is 14.7 Å². The Balaban J connectivity index is 2.33. The third-order valence-electron chi connectivity index (χ3n) is 2.52. The Labute approximate surface area is 104 Å². The molecule has 18 heavy (non-hydrogen) atoms. The smallest absolute Gasteiger partial charge is 0.323 e. The second-order valence-corrected chi connectivity index (χ2v) is 3.76. The number of aromatic nitrogens is 2. The number of carbonyl (C=O) groups excluding carboxylic acids is 1. The first-order chi connectivity index (χ1) is 8.72. The molecule has 1 aromatic heterocycles. The second kappa shape index (κ2) is 5.46. The van der Waals surface area contributed by atoms with Gasteiger partial charge in [-0.1, -0.05) is 30.3 Å². The van der Waals surface area contributed by atoms with Gasteiger partial charge >= 0.3 is 5.69 Å². The van der Waals surface area contributed by atoms with Crippen LogP contribution in [0.2, 0.25) is 0 Å². The van der Waals surface area contributed by atoms with Gasteiger partial charge in [-0.2, -0.15) is 0 Å². The van der Waals surface area contributed by atoms with E-state index < -0.39 is 5.69 Å². The summed E-state index contributed by atoms with van der Waals surface area (Å²) in [6.07, 6.45) is 0. The van der Waals surface area contributed by atoms with Gasteiger partial charge in [0.1, 0.15) is 5.69 Å². The van der Waals surface area contributed by atoms with Gasteiger partial charge in [-0.3, -0.25) is 4.79 Å². The van der Waals surface area contributed by atoms with Gasteiger partial charge in [-0.15, -0.1) is 0 Å². The largest absolute Gasteiger partial charge is 0.375 e. The summed E-state index contributed by atoms with van der Waals surface area (Å²) in [7, 11) is 0. The van der Waals surface area contributed by atoms with E-state index in [2.05, 4.69) is 9.97 Å². The van der Waals surface area contributed by atoms with Crippen molar-refractivity contribution in [2.75, 3.05) is 6.61 Å². The average Bonchev–Trinajstić information content (AvgIpc) is 2.77. The number of imidazole rings is 1. The molecule has 0 saturated carbocycles. The van der Waals surface area contributed by atoms with Gasteiger partial charge in [-0.25, -0.2) is 4.79 Å². The summed E-state index contributed by atoms with van der Waals surface area (Å²) in [5, 5.41) is 0. The van der Waals surface area contributed by atoms with E-state index in [1.54, 1.807) is 24.3 Å². The number of ketones is 1. The standard InChI is InChI=1S/C13H14N2O3/c1-2-18-8-10-11(15-13(17)14-10)12(16)9-6-4-3-5-7-9/h3-7H,2,8H2,1H3,(H2,14,15,17). The first kappa shape index (κ1) is 12.3. The highest BCUT2D eigenvalue weighted by molar-refractivity contribution is 6.08. The second-order valence-electron chi connectivity index (χ2n) is 3.76. The highest BCUT2D eigenvalue weighted by Crippen LogP contribution is 2.10. The van der Waals surface area contributed by atoms with E-state index in [4.69, 9.17) is 4.74 Å². The van der Waals surface area contributed by atoms with Crippen LogP contribution in [0, 0.1) is 0 Å². The van der Waals surface area contributed by atoms with Gasteiger partial charge in [0.05, 0.1) is 12.3 Å². The fourth-order valence-corrected chi connectivity index (χ4v) is 1.66. The Kier molecular flexibility index (Phi) is 3.74. The Morgan fingerprint density at radius 2 is 1.94 bits per heavy atom. The molecule has 2 rings (SSSR count). The minimum atomic E-state index is -0.399. The maximum Gasteiger partial charge on any atom is 0.323 e. The fourth-order valence-electron chi connectivity index (χ4n) is 1.66. The molecule has 0 fully saturated rings. The first-order valence-electron chi connectivity index (χ1n) is 5.71. The van der Waals surface area contributed by atoms with Crippen LogP contribution < -0.4 is 5.69 Å². The molecule has 5 nitrogen and oxygen atoms in total. The molecule has 2 aromatic rings. The van der Waals surface area contributed by atoms with Crippen LogP contribution in [0.4, 0.5) is 0 Å². The van der Waals surface area contributed by atoms with Crippen LogP contribution in [0.3, 0.4) is 0 Å². The molecule has 0 bridgehead atoms. The lowest BCUT2D eigenvalue weighted by molar-refractivity contribution is 0.102. The number of nitrogens with one attached hydrogen (secondary N) is 2. The molecule has 5 heteroatoms. The summed E-state index contributed by atoms with van der Waals surface area (Å²) < 4.78 is 5.22. The average molecular weight is 246 g/mol. The van der Waals surface area contributed by atoms with Crippen molar-refractivity contribution in [1.29, 1.82) is 0 Å². The van der Waals surface area contributed by atoms with Gasteiger partial charge in [0, 0.05) is 12.2 Å². The molecule has 1 heterocycles. The van der Waals surface area contributed by atoms with Gasteiger partial charge in [0.2, 0.25) is 5.78 Å². The lowest BCUT2D eigenvalue weighted by Gasteiger charge is -2.02. The molecule has 0 unspecified atom stereocenters. The Morgan fingerprint density at radius 1 is 1.22 bits per heavy atom. The van der Waals surface area contributed by atoms with Crippen LogP contribution in [0.5, 0.6) is 0 Å². The molecule has 94 valence electrons. The molecule has 2 N–H and O–H groups in total. The summed E-state index contributed by atoms with van der Waals surface area (Å²) in [6.45, 7) is 2.58. The van der Waals surface area contributed by atoms with E-state index >= 15 is 0 Å². The molecule has 1 aromatic carbocycles. The van der Waals surface area contributed by atoms with Crippen molar-refractivity contribution in [2.45, 2.75) is 13.5 Å². The lowest BCUT2D eigenvalue weighted by atomic mass is 10.1. The SMILES string of the molecule is CCOCc1[nH]c(=O)[nH]c1C(=O)c1ccccc1. The lowest BCUT2D eigenvalue weighted by Crippen LogP contribution is -2.07. The molecule has 0 amide bonds. The molecule has 0 spiro atoms. The van der Waals surface area contributed by atoms with Crippen LogP contribution in [-0.2, 0) is 11.3 Å². The number of aromatic amines is 2. The van der Waals surface area contributed by atoms with Crippen molar-refractivity contribution in [2.24, 2.45) is 0 Å². The normalized spacial score (nSPS) is 10.5. The van der Waals surface area contributed by atoms with Crippen molar-refractivity contribution in [3.8, 4) is 0 Å². The highest BCUT2D eigenvalue weighted by Gasteiger charge is 2.16. The van der Waals surface area contributed by atoms with Crippen LogP contribution in [0.1, 0.15) is 28.7 Å². The van der Waals surface area contributed by atoms with E-state index in [9.17, 15) is 9.59 Å². The minimum absolute atomic E-state index is 0.211. The van der Waals surface area contributed by atoms with E-state index in [-0.39, 0.29) is 18.1 Å². The summed E-state index contributed by atoms with van der Waals surface area (Å²) in [4.78, 5) is 28.6. The quantitative estimate of drug-likeness (QED) is 0.784. The van der Waals surface area contributed by atoms with Crippen molar-refractivity contribution in [3.05, 3.63) is 57.8 Å². The van der Waals surface area contributed by atoms with E-state index in [0.717, 1.165) is 0 Å². The topological polar surface area (TPSA) is 75.0 Å². The predicted octanol–water partition coefficient (Wildman–Crippen LogP) is 1.47. The maximum atomic E-state index is 12.2. The Bertz CT molecular complexity index is 584. The maximum absolute atomic E-state index is 12.2. The minimum Gasteiger partial charge on any atom is -0.375 e. The van der Waals surface area contributed by atoms with Crippen LogP contribution in [0.25, 0.3) is 0 Å². The Morgan fingerprint density at radius 3 is 2.61 bits per heavy atom. The number of rotatable bonds is 5. The monoisotopic (exact) mass is 246 g/mol. The van der Waals surface area contributed by atoms with E-state index in [1.807, 2.05) is 13.0 Å². The molecule has 0 saturated heterocycles. The van der Waals surface area contributed by atoms with E-state index in [1.165, 1.54) is 0 Å². The van der Waals surface area contributed by atoms with Crippen molar-refractivity contribution < 1.29 is 9.53 Å². The fraction of sp³-hybridized carbons (Fsp3) is 0.231. The number of carbonyl (C=O) groups is 1. The Hall–Kier alpha value is -2.14. The van der Waals surface area contributed by atoms with Crippen LogP contribution in [0.15, 0.2) is 35.1 Å². The number of benzene rings is 1. The van der Waals surface area contributed by atoms with Crippen molar-refractivity contribution >= 4 is 5.78 Å². The predicted molar refractivity (Wildman–Crippen MR) is 66.6 cm³/mol. The molecule has 0 atom stereocenters. The zero-order valence-electron chi connectivity index (χ0n) is 10.0. The highest BCUT2D eigenvalue weighted by atomic mass is 16.5. The zero-order valence-corrected chi connectivity index (χ0v) is 10.0. The number of ether oxygens (including phenoxy) is 1. The van der Waals surface area contributed by atoms with Crippen molar-refractivity contribution in [3.63, 3.8) is 0 Å². The third-order valence-corrected chi connectivity index (χ3v) is 2.52. The van der Waals surface area contributed by atoms with Crippen LogP contribution in [-0.4, -0.2) is 22.4 Å². The molecule has 0 radical (unpaired) electrons.